The number of pyridine rings is 1. The molecule has 2 aromatic heterocycles. The molecule has 2 heterocycles. The smallest absolute Gasteiger partial charge is 0.264 e. The van der Waals surface area contributed by atoms with Crippen molar-refractivity contribution in [3.05, 3.63) is 45.7 Å². The average Bonchev–Trinajstić information content (AvgIpc) is 3.07. The Bertz CT molecular complexity index is 888. The molecule has 2 aromatic rings. The Kier molecular flexibility index (Phi) is 5.33. The number of nitrogens with one attached hydrogen (secondary N) is 1. The third kappa shape index (κ3) is 4.09. The van der Waals surface area contributed by atoms with Gasteiger partial charge >= 0.3 is 0 Å². The molecule has 0 atom stereocenters. The summed E-state index contributed by atoms with van der Waals surface area (Å²) in [5.74, 6) is 5.64. The van der Waals surface area contributed by atoms with Crippen LogP contribution in [0.1, 0.15) is 63.4 Å². The van der Waals surface area contributed by atoms with Gasteiger partial charge < -0.3 is 11.1 Å². The van der Waals surface area contributed by atoms with Gasteiger partial charge in [0.1, 0.15) is 10.4 Å². The number of nitrogens with zero attached hydrogens (tertiary/aromatic N) is 2. The van der Waals surface area contributed by atoms with Crippen molar-refractivity contribution >= 4 is 23.2 Å². The van der Waals surface area contributed by atoms with Crippen LogP contribution in [0.15, 0.2) is 24.0 Å². The van der Waals surface area contributed by atoms with E-state index in [0.717, 1.165) is 37.8 Å². The quantitative estimate of drug-likeness (QED) is 0.813. The fraction of sp³-hybridized carbons (Fsp3) is 0.368. The summed E-state index contributed by atoms with van der Waals surface area (Å²) in [6.45, 7) is 1.83. The maximum atomic E-state index is 12.7. The van der Waals surface area contributed by atoms with E-state index in [1.807, 2.05) is 6.92 Å². The highest BCUT2D eigenvalue weighted by Gasteiger charge is 2.32. The van der Waals surface area contributed by atoms with Gasteiger partial charge in [-0.3, -0.25) is 14.6 Å². The van der Waals surface area contributed by atoms with Crippen LogP contribution in [-0.4, -0.2) is 27.3 Å². The highest BCUT2D eigenvalue weighted by Crippen LogP contribution is 2.28. The predicted molar refractivity (Wildman–Crippen MR) is 99.8 cm³/mol. The third-order valence-electron chi connectivity index (χ3n) is 4.48. The molecule has 0 aliphatic heterocycles. The number of amides is 2. The highest BCUT2D eigenvalue weighted by molar-refractivity contribution is 7.11. The lowest BCUT2D eigenvalue weighted by molar-refractivity contribution is 0.0906. The van der Waals surface area contributed by atoms with Crippen LogP contribution in [0.4, 0.5) is 0 Å². The van der Waals surface area contributed by atoms with Crippen molar-refractivity contribution < 1.29 is 9.59 Å². The molecule has 6 nitrogen and oxygen atoms in total. The van der Waals surface area contributed by atoms with E-state index in [4.69, 9.17) is 5.73 Å². The first-order valence-corrected chi connectivity index (χ1v) is 9.38. The summed E-state index contributed by atoms with van der Waals surface area (Å²) in [6, 6.07) is 1.62. The minimum absolute atomic E-state index is 0.134. The second kappa shape index (κ2) is 7.67. The number of carbonyl (C=O) groups excluding carboxylic acids is 2. The topological polar surface area (TPSA) is 98.0 Å². The number of thiazole rings is 1. The molecule has 1 aliphatic carbocycles. The molecule has 0 bridgehead atoms. The van der Waals surface area contributed by atoms with Crippen molar-refractivity contribution in [2.45, 2.75) is 44.6 Å². The van der Waals surface area contributed by atoms with Crippen LogP contribution < -0.4 is 11.1 Å². The Hall–Kier alpha value is -2.72. The lowest BCUT2D eigenvalue weighted by Crippen LogP contribution is -2.48. The monoisotopic (exact) mass is 368 g/mol. The largest absolute Gasteiger partial charge is 0.366 e. The molecule has 0 spiro atoms. The molecule has 0 saturated heterocycles. The van der Waals surface area contributed by atoms with Crippen molar-refractivity contribution in [1.29, 1.82) is 0 Å². The van der Waals surface area contributed by atoms with Crippen molar-refractivity contribution in [1.82, 2.24) is 15.3 Å². The number of aromatic nitrogens is 2. The first-order valence-electron chi connectivity index (χ1n) is 8.50. The molecule has 0 aromatic carbocycles. The first-order chi connectivity index (χ1) is 12.5. The van der Waals surface area contributed by atoms with Gasteiger partial charge in [-0.05, 0) is 25.8 Å². The number of primary amides is 1. The van der Waals surface area contributed by atoms with E-state index in [0.29, 0.717) is 16.0 Å². The SMILES string of the molecule is Cc1ncsc1C(=O)NC1(C#Cc2cncc(C(N)=O)c2)CCCCC1. The number of nitrogens with two attached hydrogens (primary N) is 1. The summed E-state index contributed by atoms with van der Waals surface area (Å²) in [5.41, 5.74) is 8.04. The second-order valence-electron chi connectivity index (χ2n) is 6.44. The molecule has 7 heteroatoms. The Morgan fingerprint density at radius 3 is 2.69 bits per heavy atom. The van der Waals surface area contributed by atoms with Crippen LogP contribution in [0.2, 0.25) is 0 Å². The number of aryl methyl sites for hydroxylation is 1. The highest BCUT2D eigenvalue weighted by atomic mass is 32.1. The third-order valence-corrected chi connectivity index (χ3v) is 5.41. The zero-order valence-electron chi connectivity index (χ0n) is 14.5. The molecule has 1 saturated carbocycles. The molecular weight excluding hydrogens is 348 g/mol. The van der Waals surface area contributed by atoms with Gasteiger partial charge in [-0.25, -0.2) is 4.98 Å². The van der Waals surface area contributed by atoms with Gasteiger partial charge in [0.2, 0.25) is 5.91 Å². The van der Waals surface area contributed by atoms with Crippen LogP contribution in [-0.2, 0) is 0 Å². The minimum atomic E-state index is -0.575. The average molecular weight is 368 g/mol. The van der Waals surface area contributed by atoms with Crippen LogP contribution in [0.3, 0.4) is 0 Å². The normalized spacial score (nSPS) is 15.6. The second-order valence-corrected chi connectivity index (χ2v) is 7.30. The zero-order valence-corrected chi connectivity index (χ0v) is 15.4. The fourth-order valence-corrected chi connectivity index (χ4v) is 3.76. The maximum Gasteiger partial charge on any atom is 0.264 e. The van der Waals surface area contributed by atoms with Gasteiger partial charge in [0.25, 0.3) is 5.91 Å². The van der Waals surface area contributed by atoms with Gasteiger partial charge in [-0.1, -0.05) is 31.1 Å². The van der Waals surface area contributed by atoms with Crippen LogP contribution in [0, 0.1) is 18.8 Å². The molecule has 134 valence electrons. The Morgan fingerprint density at radius 1 is 1.27 bits per heavy atom. The van der Waals surface area contributed by atoms with Gasteiger partial charge in [-0.2, -0.15) is 0 Å². The first kappa shape index (κ1) is 18.1. The van der Waals surface area contributed by atoms with Crippen molar-refractivity contribution in [2.75, 3.05) is 0 Å². The van der Waals surface area contributed by atoms with Crippen LogP contribution in [0.5, 0.6) is 0 Å². The van der Waals surface area contributed by atoms with Gasteiger partial charge in [0.05, 0.1) is 16.8 Å². The summed E-state index contributed by atoms with van der Waals surface area (Å²) in [7, 11) is 0. The Balaban J connectivity index is 1.87. The summed E-state index contributed by atoms with van der Waals surface area (Å²) in [6.07, 6.45) is 7.76. The molecule has 0 unspecified atom stereocenters. The molecular formula is C19H20N4O2S. The molecule has 1 aliphatic rings. The standard InChI is InChI=1S/C19H20N4O2S/c1-13-16(26-12-22-13)18(25)23-19(6-3-2-4-7-19)8-5-14-9-15(17(20)24)11-21-10-14/h9-12H,2-4,6-7H2,1H3,(H2,20,24)(H,23,25). The lowest BCUT2D eigenvalue weighted by Gasteiger charge is -2.33. The summed E-state index contributed by atoms with van der Waals surface area (Å²) in [4.78, 5) is 32.7. The minimum Gasteiger partial charge on any atom is -0.366 e. The molecule has 0 radical (unpaired) electrons. The van der Waals surface area contributed by atoms with Crippen molar-refractivity contribution in [3.8, 4) is 11.8 Å². The van der Waals surface area contributed by atoms with E-state index < -0.39 is 11.4 Å². The van der Waals surface area contributed by atoms with Crippen molar-refractivity contribution in [3.63, 3.8) is 0 Å². The maximum absolute atomic E-state index is 12.7. The summed E-state index contributed by atoms with van der Waals surface area (Å²) in [5, 5.41) is 3.13. The van der Waals surface area contributed by atoms with E-state index in [1.165, 1.54) is 17.5 Å². The molecule has 1 fully saturated rings. The van der Waals surface area contributed by atoms with Gasteiger partial charge in [-0.15, -0.1) is 11.3 Å². The Morgan fingerprint density at radius 2 is 2.04 bits per heavy atom. The number of hydrogen-bond acceptors (Lipinski definition) is 5. The molecule has 3 N–H and O–H groups in total. The van der Waals surface area contributed by atoms with Crippen molar-refractivity contribution in [2.24, 2.45) is 5.73 Å². The predicted octanol–water partition coefficient (Wildman–Crippen LogP) is 2.43. The lowest BCUT2D eigenvalue weighted by atomic mass is 9.82. The van der Waals surface area contributed by atoms with E-state index in [2.05, 4.69) is 27.1 Å². The van der Waals surface area contributed by atoms with E-state index in [9.17, 15) is 9.59 Å². The molecule has 26 heavy (non-hydrogen) atoms. The Labute approximate surface area is 156 Å². The number of hydrogen-bond donors (Lipinski definition) is 2. The van der Waals surface area contributed by atoms with E-state index in [-0.39, 0.29) is 5.91 Å². The van der Waals surface area contributed by atoms with Crippen LogP contribution >= 0.6 is 11.3 Å². The molecule has 2 amide bonds. The van der Waals surface area contributed by atoms with Gasteiger partial charge in [0.15, 0.2) is 0 Å². The summed E-state index contributed by atoms with van der Waals surface area (Å²) >= 11 is 1.33. The number of carbonyl (C=O) groups is 2. The van der Waals surface area contributed by atoms with E-state index in [1.54, 1.807) is 17.8 Å². The zero-order chi connectivity index (χ0) is 18.6. The van der Waals surface area contributed by atoms with Crippen LogP contribution in [0.25, 0.3) is 0 Å². The fourth-order valence-electron chi connectivity index (χ4n) is 3.07. The number of rotatable bonds is 3. The summed E-state index contributed by atoms with van der Waals surface area (Å²) < 4.78 is 0. The molecule has 3 rings (SSSR count). The van der Waals surface area contributed by atoms with E-state index >= 15 is 0 Å². The van der Waals surface area contributed by atoms with Gasteiger partial charge in [0, 0.05) is 18.0 Å².